The van der Waals surface area contributed by atoms with Gasteiger partial charge in [-0.3, -0.25) is 4.98 Å². The van der Waals surface area contributed by atoms with Gasteiger partial charge in [0.15, 0.2) is 0 Å². The molecule has 2 N–H and O–H groups in total. The third kappa shape index (κ3) is 3.22. The smallest absolute Gasteiger partial charge is 0.229 e. The minimum atomic E-state index is 0.543. The number of aromatic nitrogens is 4. The van der Waals surface area contributed by atoms with Crippen molar-refractivity contribution in [1.29, 1.82) is 0 Å². The molecule has 0 radical (unpaired) electrons. The van der Waals surface area contributed by atoms with Crippen molar-refractivity contribution in [2.75, 3.05) is 24.8 Å². The number of methoxy groups -OCH3 is 1. The van der Waals surface area contributed by atoms with Gasteiger partial charge in [0.05, 0.1) is 18.3 Å². The highest BCUT2D eigenvalue weighted by molar-refractivity contribution is 5.88. The number of pyridine rings is 1. The van der Waals surface area contributed by atoms with E-state index in [0.717, 1.165) is 45.1 Å². The molecule has 142 valence electrons. The monoisotopic (exact) mass is 374 g/mol. The highest BCUT2D eigenvalue weighted by atomic mass is 16.5. The largest absolute Gasteiger partial charge is 0.496 e. The van der Waals surface area contributed by atoms with Crippen LogP contribution in [-0.2, 0) is 7.05 Å². The van der Waals surface area contributed by atoms with Crippen LogP contribution in [0.25, 0.3) is 22.2 Å². The average Bonchev–Trinajstić information content (AvgIpc) is 3.04. The minimum Gasteiger partial charge on any atom is -0.496 e. The fourth-order valence-electron chi connectivity index (χ4n) is 3.32. The first kappa shape index (κ1) is 17.8. The Balaban J connectivity index is 1.78. The maximum atomic E-state index is 5.61. The van der Waals surface area contributed by atoms with E-state index in [9.17, 15) is 0 Å². The summed E-state index contributed by atoms with van der Waals surface area (Å²) >= 11 is 0. The van der Waals surface area contributed by atoms with E-state index in [1.165, 1.54) is 0 Å². The van der Waals surface area contributed by atoms with Crippen molar-refractivity contribution in [3.63, 3.8) is 0 Å². The van der Waals surface area contributed by atoms with Crippen LogP contribution in [0.2, 0.25) is 0 Å². The normalized spacial score (nSPS) is 10.9. The quantitative estimate of drug-likeness (QED) is 0.547. The minimum absolute atomic E-state index is 0.543. The molecule has 0 atom stereocenters. The summed E-state index contributed by atoms with van der Waals surface area (Å²) in [6.07, 6.45) is 3.67. The molecule has 1 aromatic carbocycles. The van der Waals surface area contributed by atoms with Crippen molar-refractivity contribution in [1.82, 2.24) is 19.5 Å². The summed E-state index contributed by atoms with van der Waals surface area (Å²) in [6.45, 7) is 1.94. The number of nitrogens with zero attached hydrogens (tertiary/aromatic N) is 4. The van der Waals surface area contributed by atoms with Gasteiger partial charge in [-0.15, -0.1) is 0 Å². The molecule has 7 nitrogen and oxygen atoms in total. The van der Waals surface area contributed by atoms with Crippen LogP contribution in [0.4, 0.5) is 17.5 Å². The van der Waals surface area contributed by atoms with Gasteiger partial charge in [0.25, 0.3) is 0 Å². The molecule has 3 aromatic heterocycles. The zero-order valence-corrected chi connectivity index (χ0v) is 16.3. The van der Waals surface area contributed by atoms with Crippen molar-refractivity contribution in [3.8, 4) is 17.0 Å². The van der Waals surface area contributed by atoms with E-state index in [1.54, 1.807) is 13.3 Å². The average molecular weight is 374 g/mol. The molecule has 0 aliphatic heterocycles. The Labute approximate surface area is 163 Å². The molecule has 0 fully saturated rings. The van der Waals surface area contributed by atoms with Gasteiger partial charge in [0.1, 0.15) is 11.6 Å². The van der Waals surface area contributed by atoms with Crippen molar-refractivity contribution in [3.05, 3.63) is 54.5 Å². The molecule has 0 unspecified atom stereocenters. The predicted octanol–water partition coefficient (Wildman–Crippen LogP) is 4.13. The summed E-state index contributed by atoms with van der Waals surface area (Å²) in [7, 11) is 5.56. The van der Waals surface area contributed by atoms with Crippen LogP contribution >= 0.6 is 0 Å². The summed E-state index contributed by atoms with van der Waals surface area (Å²) < 4.78 is 7.75. The summed E-state index contributed by atoms with van der Waals surface area (Å²) in [5.74, 6) is 2.11. The molecular formula is C21H22N6O. The van der Waals surface area contributed by atoms with Crippen LogP contribution in [0.5, 0.6) is 5.75 Å². The second-order valence-electron chi connectivity index (χ2n) is 6.53. The van der Waals surface area contributed by atoms with Crippen LogP contribution in [-0.4, -0.2) is 33.7 Å². The van der Waals surface area contributed by atoms with Crippen molar-refractivity contribution < 1.29 is 4.74 Å². The first-order chi connectivity index (χ1) is 13.6. The lowest BCUT2D eigenvalue weighted by Crippen LogP contribution is -2.02. The Bertz CT molecular complexity index is 1150. The first-order valence-corrected chi connectivity index (χ1v) is 8.97. The third-order valence-corrected chi connectivity index (χ3v) is 4.68. The van der Waals surface area contributed by atoms with E-state index in [1.807, 2.05) is 57.5 Å². The Hall–Kier alpha value is -3.61. The van der Waals surface area contributed by atoms with Crippen molar-refractivity contribution in [2.45, 2.75) is 6.92 Å². The molecule has 0 amide bonds. The van der Waals surface area contributed by atoms with E-state index >= 15 is 0 Å². The van der Waals surface area contributed by atoms with E-state index in [2.05, 4.69) is 36.2 Å². The zero-order chi connectivity index (χ0) is 19.7. The van der Waals surface area contributed by atoms with Crippen LogP contribution in [0.3, 0.4) is 0 Å². The number of nitrogens with one attached hydrogen (secondary N) is 2. The molecule has 0 aliphatic rings. The third-order valence-electron chi connectivity index (χ3n) is 4.68. The van der Waals surface area contributed by atoms with E-state index in [-0.39, 0.29) is 0 Å². The van der Waals surface area contributed by atoms with Gasteiger partial charge in [0.2, 0.25) is 5.95 Å². The number of hydrogen-bond acceptors (Lipinski definition) is 6. The Morgan fingerprint density at radius 2 is 1.93 bits per heavy atom. The van der Waals surface area contributed by atoms with Gasteiger partial charge < -0.3 is 19.9 Å². The Morgan fingerprint density at radius 1 is 1.07 bits per heavy atom. The van der Waals surface area contributed by atoms with Crippen molar-refractivity contribution >= 4 is 28.4 Å². The van der Waals surface area contributed by atoms with Crippen LogP contribution in [0, 0.1) is 6.92 Å². The second kappa shape index (κ2) is 7.19. The zero-order valence-electron chi connectivity index (χ0n) is 16.3. The highest BCUT2D eigenvalue weighted by Gasteiger charge is 2.14. The number of fused-ring (bicyclic) bond motifs is 1. The number of rotatable bonds is 5. The Kier molecular flexibility index (Phi) is 4.57. The highest BCUT2D eigenvalue weighted by Crippen LogP contribution is 2.36. The topological polar surface area (TPSA) is 76.9 Å². The maximum absolute atomic E-state index is 5.61. The number of aryl methyl sites for hydroxylation is 2. The molecule has 0 aliphatic carbocycles. The molecular weight excluding hydrogens is 352 g/mol. The van der Waals surface area contributed by atoms with Gasteiger partial charge in [-0.05, 0) is 37.3 Å². The number of hydrogen-bond donors (Lipinski definition) is 2. The number of benzene rings is 1. The van der Waals surface area contributed by atoms with Crippen LogP contribution < -0.4 is 15.4 Å². The van der Waals surface area contributed by atoms with Crippen LogP contribution in [0.15, 0.2) is 48.8 Å². The summed E-state index contributed by atoms with van der Waals surface area (Å²) in [5.41, 5.74) is 4.91. The lowest BCUT2D eigenvalue weighted by molar-refractivity contribution is 0.416. The van der Waals surface area contributed by atoms with E-state index in [0.29, 0.717) is 5.95 Å². The summed E-state index contributed by atoms with van der Waals surface area (Å²) in [6, 6.07) is 12.0. The molecule has 0 bridgehead atoms. The Morgan fingerprint density at radius 3 is 2.68 bits per heavy atom. The van der Waals surface area contributed by atoms with Crippen molar-refractivity contribution in [2.24, 2.45) is 7.05 Å². The molecule has 4 aromatic rings. The fourth-order valence-corrected chi connectivity index (χ4v) is 3.32. The van der Waals surface area contributed by atoms with Gasteiger partial charge in [0, 0.05) is 54.9 Å². The predicted molar refractivity (Wildman–Crippen MR) is 112 cm³/mol. The lowest BCUT2D eigenvalue weighted by Gasteiger charge is -2.13. The second-order valence-corrected chi connectivity index (χ2v) is 6.53. The molecule has 0 saturated heterocycles. The van der Waals surface area contributed by atoms with Crippen LogP contribution in [0.1, 0.15) is 5.69 Å². The number of anilines is 3. The summed E-state index contributed by atoms with van der Waals surface area (Å²) in [4.78, 5) is 13.2. The standard InChI is InChI=1S/C21H22N6O/c1-13-9-20(22-2)26-21(24-13)25-15-5-6-19(28-4)16(11-15)18-10-14-12-23-8-7-17(14)27(18)3/h5-12H,1-4H3,(H2,22,24,25,26). The maximum Gasteiger partial charge on any atom is 0.229 e. The molecule has 0 saturated carbocycles. The fraction of sp³-hybridized carbons (Fsp3) is 0.190. The summed E-state index contributed by atoms with van der Waals surface area (Å²) in [5, 5.41) is 7.43. The molecule has 4 rings (SSSR count). The number of ether oxygens (including phenoxy) is 1. The van der Waals surface area contributed by atoms with Gasteiger partial charge >= 0.3 is 0 Å². The van der Waals surface area contributed by atoms with Gasteiger partial charge in [-0.1, -0.05) is 0 Å². The lowest BCUT2D eigenvalue weighted by atomic mass is 10.1. The SMILES string of the molecule is CNc1cc(C)nc(Nc2ccc(OC)c(-c3cc4cnccc4n3C)c2)n1. The van der Waals surface area contributed by atoms with E-state index < -0.39 is 0 Å². The van der Waals surface area contributed by atoms with Gasteiger partial charge in [-0.25, -0.2) is 4.98 Å². The van der Waals surface area contributed by atoms with Gasteiger partial charge in [-0.2, -0.15) is 4.98 Å². The van der Waals surface area contributed by atoms with E-state index in [4.69, 9.17) is 4.74 Å². The molecule has 3 heterocycles. The molecule has 7 heteroatoms. The molecule has 0 spiro atoms. The molecule has 28 heavy (non-hydrogen) atoms. The first-order valence-electron chi connectivity index (χ1n) is 8.97.